The molecule has 2 aromatic rings. The number of nitrogens with one attached hydrogen (secondary N) is 1. The van der Waals surface area contributed by atoms with E-state index in [4.69, 9.17) is 4.74 Å². The highest BCUT2D eigenvalue weighted by molar-refractivity contribution is 5.88. The lowest BCUT2D eigenvalue weighted by molar-refractivity contribution is 0.0526. The second-order valence-corrected chi connectivity index (χ2v) is 4.23. The molecule has 0 bridgehead atoms. The lowest BCUT2D eigenvalue weighted by Gasteiger charge is -2.06. The Morgan fingerprint density at radius 3 is 3.32 bits per heavy atom. The summed E-state index contributed by atoms with van der Waals surface area (Å²) in [5.74, 6) is 0.545. The summed E-state index contributed by atoms with van der Waals surface area (Å²) >= 11 is 0. The van der Waals surface area contributed by atoms with Crippen LogP contribution in [-0.2, 0) is 11.2 Å². The zero-order valence-corrected chi connectivity index (χ0v) is 10.6. The number of rotatable bonds is 3. The van der Waals surface area contributed by atoms with Gasteiger partial charge in [-0.05, 0) is 19.4 Å². The van der Waals surface area contributed by atoms with Crippen molar-refractivity contribution in [2.24, 2.45) is 0 Å². The van der Waals surface area contributed by atoms with Crippen molar-refractivity contribution in [1.29, 1.82) is 0 Å². The molecule has 0 fully saturated rings. The van der Waals surface area contributed by atoms with Crippen LogP contribution in [0.15, 0.2) is 24.7 Å². The Balaban J connectivity index is 1.95. The van der Waals surface area contributed by atoms with Crippen molar-refractivity contribution in [3.05, 3.63) is 35.8 Å². The van der Waals surface area contributed by atoms with Gasteiger partial charge in [-0.1, -0.05) is 0 Å². The van der Waals surface area contributed by atoms with Crippen LogP contribution in [0, 0.1) is 0 Å². The number of anilines is 1. The van der Waals surface area contributed by atoms with Gasteiger partial charge in [0.1, 0.15) is 5.82 Å². The number of hydrogen-bond acceptors (Lipinski definition) is 5. The number of fused-ring (bicyclic) bond motifs is 1. The molecule has 3 rings (SSSR count). The molecule has 98 valence electrons. The van der Waals surface area contributed by atoms with E-state index in [-0.39, 0.29) is 5.97 Å². The molecule has 1 aliphatic rings. The molecule has 0 aliphatic carbocycles. The molecule has 0 spiro atoms. The summed E-state index contributed by atoms with van der Waals surface area (Å²) in [5, 5.41) is 7.44. The van der Waals surface area contributed by atoms with E-state index >= 15 is 0 Å². The third kappa shape index (κ3) is 2.05. The minimum atomic E-state index is -0.349. The summed E-state index contributed by atoms with van der Waals surface area (Å²) in [4.78, 5) is 15.9. The van der Waals surface area contributed by atoms with E-state index in [9.17, 15) is 4.79 Å². The van der Waals surface area contributed by atoms with Crippen molar-refractivity contribution in [3.63, 3.8) is 0 Å². The van der Waals surface area contributed by atoms with Crippen LogP contribution in [0.5, 0.6) is 0 Å². The largest absolute Gasteiger partial charge is 0.462 e. The maximum absolute atomic E-state index is 11.6. The van der Waals surface area contributed by atoms with E-state index in [1.807, 2.05) is 6.07 Å². The van der Waals surface area contributed by atoms with Crippen LogP contribution in [0.1, 0.15) is 22.8 Å². The summed E-state index contributed by atoms with van der Waals surface area (Å²) in [6, 6.07) is 1.90. The van der Waals surface area contributed by atoms with Crippen molar-refractivity contribution >= 4 is 11.8 Å². The molecule has 0 radical (unpaired) electrons. The summed E-state index contributed by atoms with van der Waals surface area (Å²) < 4.78 is 6.65. The van der Waals surface area contributed by atoms with E-state index < -0.39 is 0 Å². The number of hydrogen-bond donors (Lipinski definition) is 1. The Labute approximate surface area is 110 Å². The molecule has 0 unspecified atom stereocenters. The average Bonchev–Trinajstić information content (AvgIpc) is 3.07. The van der Waals surface area contributed by atoms with E-state index in [0.717, 1.165) is 30.0 Å². The molecule has 1 N–H and O–H groups in total. The summed E-state index contributed by atoms with van der Waals surface area (Å²) in [6.45, 7) is 3.02. The standard InChI is InChI=1S/C13H14N4O2/c1-2-19-13(18)9-7-16-17(8-9)11-4-6-15-12-10(11)3-5-14-12/h4,6-8H,2-3,5H2,1H3,(H,14,15). The first-order chi connectivity index (χ1) is 9.29. The molecule has 0 aromatic carbocycles. The number of carbonyl (C=O) groups excluding carboxylic acids is 1. The second-order valence-electron chi connectivity index (χ2n) is 4.23. The van der Waals surface area contributed by atoms with Gasteiger partial charge in [-0.3, -0.25) is 0 Å². The average molecular weight is 258 g/mol. The predicted octanol–water partition coefficient (Wildman–Crippen LogP) is 1.41. The SMILES string of the molecule is CCOC(=O)c1cnn(-c2ccnc3c2CCN3)c1. The van der Waals surface area contributed by atoms with E-state index in [1.54, 1.807) is 24.0 Å². The molecule has 2 aromatic heterocycles. The van der Waals surface area contributed by atoms with E-state index in [1.165, 1.54) is 6.20 Å². The Kier molecular flexibility index (Phi) is 2.91. The van der Waals surface area contributed by atoms with E-state index in [0.29, 0.717) is 12.2 Å². The smallest absolute Gasteiger partial charge is 0.341 e. The van der Waals surface area contributed by atoms with Crippen molar-refractivity contribution < 1.29 is 9.53 Å². The van der Waals surface area contributed by atoms with Gasteiger partial charge in [-0.25, -0.2) is 14.5 Å². The minimum Gasteiger partial charge on any atom is -0.462 e. The van der Waals surface area contributed by atoms with Crippen LogP contribution in [0.3, 0.4) is 0 Å². The van der Waals surface area contributed by atoms with Crippen LogP contribution in [0.4, 0.5) is 5.82 Å². The van der Waals surface area contributed by atoms with Crippen molar-refractivity contribution in [2.45, 2.75) is 13.3 Å². The molecular formula is C13H14N4O2. The van der Waals surface area contributed by atoms with Gasteiger partial charge < -0.3 is 10.1 Å². The Morgan fingerprint density at radius 2 is 2.47 bits per heavy atom. The van der Waals surface area contributed by atoms with Gasteiger partial charge in [-0.15, -0.1) is 0 Å². The minimum absolute atomic E-state index is 0.349. The highest BCUT2D eigenvalue weighted by Gasteiger charge is 2.18. The fourth-order valence-corrected chi connectivity index (χ4v) is 2.18. The Bertz CT molecular complexity index is 621. The fraction of sp³-hybridized carbons (Fsp3) is 0.308. The number of esters is 1. The van der Waals surface area contributed by atoms with Crippen LogP contribution in [0.25, 0.3) is 5.69 Å². The van der Waals surface area contributed by atoms with Crippen molar-refractivity contribution in [1.82, 2.24) is 14.8 Å². The monoisotopic (exact) mass is 258 g/mol. The molecule has 6 heteroatoms. The molecule has 19 heavy (non-hydrogen) atoms. The van der Waals surface area contributed by atoms with Crippen LogP contribution >= 0.6 is 0 Å². The Morgan fingerprint density at radius 1 is 1.58 bits per heavy atom. The lowest BCUT2D eigenvalue weighted by atomic mass is 10.2. The van der Waals surface area contributed by atoms with Crippen molar-refractivity contribution in [2.75, 3.05) is 18.5 Å². The first-order valence-electron chi connectivity index (χ1n) is 6.23. The van der Waals surface area contributed by atoms with Crippen molar-refractivity contribution in [3.8, 4) is 5.69 Å². The first-order valence-corrected chi connectivity index (χ1v) is 6.23. The predicted molar refractivity (Wildman–Crippen MR) is 69.5 cm³/mol. The van der Waals surface area contributed by atoms with Gasteiger partial charge in [0.15, 0.2) is 0 Å². The van der Waals surface area contributed by atoms with Gasteiger partial charge in [0.2, 0.25) is 0 Å². The zero-order valence-electron chi connectivity index (χ0n) is 10.6. The molecular weight excluding hydrogens is 244 g/mol. The topological polar surface area (TPSA) is 69.0 Å². The maximum atomic E-state index is 11.6. The highest BCUT2D eigenvalue weighted by Crippen LogP contribution is 2.25. The van der Waals surface area contributed by atoms with E-state index in [2.05, 4.69) is 15.4 Å². The van der Waals surface area contributed by atoms with Gasteiger partial charge in [0, 0.05) is 24.5 Å². The normalized spacial score (nSPS) is 12.9. The number of aromatic nitrogens is 3. The molecule has 6 nitrogen and oxygen atoms in total. The zero-order chi connectivity index (χ0) is 13.2. The second kappa shape index (κ2) is 4.72. The first kappa shape index (κ1) is 11.7. The Hall–Kier alpha value is -2.37. The van der Waals surface area contributed by atoms with Crippen LogP contribution in [-0.4, -0.2) is 33.9 Å². The summed E-state index contributed by atoms with van der Waals surface area (Å²) in [6.07, 6.45) is 5.85. The lowest BCUT2D eigenvalue weighted by Crippen LogP contribution is -2.03. The van der Waals surface area contributed by atoms with Gasteiger partial charge in [0.25, 0.3) is 0 Å². The molecule has 1 aliphatic heterocycles. The number of pyridine rings is 1. The quantitative estimate of drug-likeness (QED) is 0.843. The maximum Gasteiger partial charge on any atom is 0.341 e. The van der Waals surface area contributed by atoms with Crippen LogP contribution < -0.4 is 5.32 Å². The van der Waals surface area contributed by atoms with Gasteiger partial charge in [0.05, 0.1) is 24.1 Å². The number of carbonyl (C=O) groups is 1. The number of ether oxygens (including phenoxy) is 1. The molecule has 0 atom stereocenters. The number of nitrogens with zero attached hydrogens (tertiary/aromatic N) is 3. The third-order valence-electron chi connectivity index (χ3n) is 3.04. The molecule has 0 amide bonds. The third-order valence-corrected chi connectivity index (χ3v) is 3.04. The summed E-state index contributed by atoms with van der Waals surface area (Å²) in [5.41, 5.74) is 2.53. The summed E-state index contributed by atoms with van der Waals surface area (Å²) in [7, 11) is 0. The van der Waals surface area contributed by atoms with Crippen LogP contribution in [0.2, 0.25) is 0 Å². The molecule has 0 saturated heterocycles. The van der Waals surface area contributed by atoms with Gasteiger partial charge >= 0.3 is 5.97 Å². The van der Waals surface area contributed by atoms with Gasteiger partial charge in [-0.2, -0.15) is 5.10 Å². The fourth-order valence-electron chi connectivity index (χ4n) is 2.18. The molecule has 3 heterocycles. The molecule has 0 saturated carbocycles. The highest BCUT2D eigenvalue weighted by atomic mass is 16.5.